The SMILES string of the molecule is N#C/C(=N\OP(=O)(O/N=C(\C#N)c1ccccc1)C1CCCCC1)c1ccccc1. The van der Waals surface area contributed by atoms with Gasteiger partial charge in [0.1, 0.15) is 12.1 Å². The molecule has 0 aromatic heterocycles. The van der Waals surface area contributed by atoms with Crippen molar-refractivity contribution in [2.75, 3.05) is 0 Å². The van der Waals surface area contributed by atoms with Crippen molar-refractivity contribution in [1.29, 1.82) is 10.5 Å². The van der Waals surface area contributed by atoms with Gasteiger partial charge in [0.05, 0.1) is 5.66 Å². The highest BCUT2D eigenvalue weighted by molar-refractivity contribution is 7.54. The van der Waals surface area contributed by atoms with Gasteiger partial charge in [-0.05, 0) is 12.8 Å². The lowest BCUT2D eigenvalue weighted by Gasteiger charge is -2.25. The van der Waals surface area contributed by atoms with Crippen LogP contribution in [0.15, 0.2) is 71.0 Å². The van der Waals surface area contributed by atoms with Crippen molar-refractivity contribution in [2.24, 2.45) is 10.3 Å². The van der Waals surface area contributed by atoms with E-state index in [1.807, 2.05) is 24.3 Å². The van der Waals surface area contributed by atoms with E-state index >= 15 is 0 Å². The summed E-state index contributed by atoms with van der Waals surface area (Å²) in [5.41, 5.74) is 0.664. The van der Waals surface area contributed by atoms with E-state index in [4.69, 9.17) is 9.25 Å². The standard InChI is InChI=1S/C22H21N4O3P/c23-16-21(18-10-4-1-5-11-18)25-28-30(27,20-14-8-3-9-15-20)29-26-22(17-24)19-12-6-2-7-13-19/h1-2,4-7,10-13,20H,3,8-9,14-15H2/b25-21+,26-22+. The van der Waals surface area contributed by atoms with Gasteiger partial charge in [0.25, 0.3) is 0 Å². The maximum atomic E-state index is 13.6. The molecule has 1 aliphatic rings. The van der Waals surface area contributed by atoms with E-state index in [0.29, 0.717) is 24.0 Å². The molecule has 0 heterocycles. The topological polar surface area (TPSA) is 108 Å². The maximum absolute atomic E-state index is 13.6. The molecule has 0 aliphatic heterocycles. The Bertz CT molecular complexity index is 960. The summed E-state index contributed by atoms with van der Waals surface area (Å²) in [7, 11) is -3.85. The number of nitrogens with zero attached hydrogens (tertiary/aromatic N) is 4. The third-order valence-electron chi connectivity index (χ3n) is 4.82. The van der Waals surface area contributed by atoms with Crippen molar-refractivity contribution in [3.05, 3.63) is 71.8 Å². The number of oxime groups is 2. The van der Waals surface area contributed by atoms with Gasteiger partial charge in [-0.1, -0.05) is 90.2 Å². The van der Waals surface area contributed by atoms with Crippen LogP contribution in [0.2, 0.25) is 0 Å². The van der Waals surface area contributed by atoms with Crippen molar-refractivity contribution in [3.63, 3.8) is 0 Å². The zero-order valence-corrected chi connectivity index (χ0v) is 17.2. The van der Waals surface area contributed by atoms with E-state index in [1.165, 1.54) is 0 Å². The van der Waals surface area contributed by atoms with Gasteiger partial charge >= 0.3 is 7.60 Å². The molecule has 0 bridgehead atoms. The van der Waals surface area contributed by atoms with Crippen LogP contribution in [0.25, 0.3) is 0 Å². The Morgan fingerprint density at radius 2 is 1.23 bits per heavy atom. The van der Waals surface area contributed by atoms with Crippen molar-refractivity contribution in [2.45, 2.75) is 37.8 Å². The second-order valence-corrected chi connectivity index (χ2v) is 8.97. The van der Waals surface area contributed by atoms with Gasteiger partial charge in [-0.3, -0.25) is 0 Å². The first kappa shape index (κ1) is 21.3. The number of nitriles is 2. The Hall–Kier alpha value is -3.41. The highest BCUT2D eigenvalue weighted by Crippen LogP contribution is 2.58. The molecule has 0 radical (unpaired) electrons. The van der Waals surface area contributed by atoms with Crippen LogP contribution < -0.4 is 0 Å². The molecule has 8 heteroatoms. The summed E-state index contributed by atoms with van der Waals surface area (Å²) in [6, 6.07) is 21.4. The Kier molecular flexibility index (Phi) is 7.38. The lowest BCUT2D eigenvalue weighted by molar-refractivity contribution is 0.203. The summed E-state index contributed by atoms with van der Waals surface area (Å²) in [6.07, 6.45) is 4.11. The molecule has 0 amide bonds. The van der Waals surface area contributed by atoms with E-state index in [0.717, 1.165) is 19.3 Å². The lowest BCUT2D eigenvalue weighted by atomic mass is 10.0. The number of rotatable bonds is 7. The Balaban J connectivity index is 1.89. The molecule has 2 aromatic carbocycles. The van der Waals surface area contributed by atoms with Crippen molar-refractivity contribution >= 4 is 19.0 Å². The smallest absolute Gasteiger partial charge is 0.302 e. The fraction of sp³-hybridized carbons (Fsp3) is 0.273. The summed E-state index contributed by atoms with van der Waals surface area (Å²) < 4.78 is 24.4. The van der Waals surface area contributed by atoms with Crippen molar-refractivity contribution < 1.29 is 13.8 Å². The third kappa shape index (κ3) is 5.35. The lowest BCUT2D eigenvalue weighted by Crippen LogP contribution is -2.15. The molecular formula is C22H21N4O3P. The molecule has 7 nitrogen and oxygen atoms in total. The molecule has 0 N–H and O–H groups in total. The van der Waals surface area contributed by atoms with Gasteiger partial charge in [0.2, 0.25) is 0 Å². The van der Waals surface area contributed by atoms with Gasteiger partial charge in [-0.25, -0.2) is 4.57 Å². The minimum atomic E-state index is -3.85. The zero-order valence-electron chi connectivity index (χ0n) is 16.3. The molecule has 2 aromatic rings. The Labute approximate surface area is 175 Å². The van der Waals surface area contributed by atoms with E-state index in [2.05, 4.69) is 10.3 Å². The van der Waals surface area contributed by atoms with Gasteiger partial charge in [-0.15, -0.1) is 0 Å². The van der Waals surface area contributed by atoms with E-state index < -0.39 is 13.3 Å². The van der Waals surface area contributed by atoms with Crippen LogP contribution in [-0.4, -0.2) is 17.1 Å². The van der Waals surface area contributed by atoms with E-state index in [-0.39, 0.29) is 11.4 Å². The molecule has 1 saturated carbocycles. The van der Waals surface area contributed by atoms with E-state index in [9.17, 15) is 15.1 Å². The number of hydrogen-bond donors (Lipinski definition) is 0. The third-order valence-corrected chi connectivity index (χ3v) is 6.85. The minimum absolute atomic E-state index is 0.0113. The molecule has 3 rings (SSSR count). The molecule has 30 heavy (non-hydrogen) atoms. The van der Waals surface area contributed by atoms with Crippen LogP contribution in [-0.2, 0) is 13.8 Å². The van der Waals surface area contributed by atoms with Crippen LogP contribution in [0, 0.1) is 22.7 Å². The summed E-state index contributed by atoms with van der Waals surface area (Å²) in [4.78, 5) is 0. The fourth-order valence-corrected chi connectivity index (χ4v) is 4.89. The summed E-state index contributed by atoms with van der Waals surface area (Å²) in [5, 5.41) is 26.6. The molecular weight excluding hydrogens is 399 g/mol. The number of benzene rings is 2. The first-order valence-electron chi connectivity index (χ1n) is 9.70. The van der Waals surface area contributed by atoms with Gasteiger partial charge < -0.3 is 9.25 Å². The Morgan fingerprint density at radius 1 is 0.800 bits per heavy atom. The quantitative estimate of drug-likeness (QED) is 0.338. The molecule has 0 saturated heterocycles. The summed E-state index contributed by atoms with van der Waals surface area (Å²) in [5.74, 6) is 0. The zero-order chi connectivity index (χ0) is 21.2. The minimum Gasteiger partial charge on any atom is -0.302 e. The summed E-state index contributed by atoms with van der Waals surface area (Å²) >= 11 is 0. The Morgan fingerprint density at radius 3 is 1.63 bits per heavy atom. The van der Waals surface area contributed by atoms with Gasteiger partial charge in [-0.2, -0.15) is 10.5 Å². The second-order valence-electron chi connectivity index (χ2n) is 6.83. The maximum Gasteiger partial charge on any atom is 0.473 e. The van der Waals surface area contributed by atoms with Gasteiger partial charge in [0, 0.05) is 11.1 Å². The van der Waals surface area contributed by atoms with Crippen LogP contribution in [0.5, 0.6) is 0 Å². The normalized spacial score (nSPS) is 15.7. The monoisotopic (exact) mass is 420 g/mol. The second kappa shape index (κ2) is 10.4. The van der Waals surface area contributed by atoms with Gasteiger partial charge in [0.15, 0.2) is 11.4 Å². The van der Waals surface area contributed by atoms with Crippen LogP contribution in [0.4, 0.5) is 0 Å². The number of hydrogen-bond acceptors (Lipinski definition) is 7. The average Bonchev–Trinajstić information content (AvgIpc) is 2.82. The van der Waals surface area contributed by atoms with Crippen LogP contribution in [0.3, 0.4) is 0 Å². The van der Waals surface area contributed by atoms with Crippen molar-refractivity contribution in [1.82, 2.24) is 0 Å². The predicted molar refractivity (Wildman–Crippen MR) is 114 cm³/mol. The first-order valence-corrected chi connectivity index (χ1v) is 11.3. The average molecular weight is 420 g/mol. The molecule has 152 valence electrons. The molecule has 0 spiro atoms. The largest absolute Gasteiger partial charge is 0.473 e. The molecule has 1 fully saturated rings. The highest BCUT2D eigenvalue weighted by atomic mass is 31.2. The van der Waals surface area contributed by atoms with Crippen molar-refractivity contribution in [3.8, 4) is 12.1 Å². The van der Waals surface area contributed by atoms with E-state index in [1.54, 1.807) is 48.5 Å². The fourth-order valence-electron chi connectivity index (χ4n) is 3.21. The first-order chi connectivity index (χ1) is 14.7. The summed E-state index contributed by atoms with van der Waals surface area (Å²) in [6.45, 7) is 0. The van der Waals surface area contributed by atoms with Crippen LogP contribution in [0.1, 0.15) is 43.2 Å². The van der Waals surface area contributed by atoms with Crippen LogP contribution >= 0.6 is 7.60 Å². The molecule has 0 atom stereocenters. The molecule has 0 unspecified atom stereocenters. The highest BCUT2D eigenvalue weighted by Gasteiger charge is 2.41. The molecule has 1 aliphatic carbocycles. The predicted octanol–water partition coefficient (Wildman–Crippen LogP) is 5.40.